The summed E-state index contributed by atoms with van der Waals surface area (Å²) < 4.78 is 8.46. The second kappa shape index (κ2) is 6.32. The molecule has 0 aliphatic carbocycles. The number of aryl methyl sites for hydroxylation is 2. The van der Waals surface area contributed by atoms with Crippen molar-refractivity contribution in [3.63, 3.8) is 0 Å². The molecular weight excluding hydrogens is 457 g/mol. The van der Waals surface area contributed by atoms with Crippen LogP contribution in [0.5, 0.6) is 0 Å². The molecule has 0 N–H and O–H groups in total. The first-order valence-corrected chi connectivity index (χ1v) is 13.6. The molecule has 0 aliphatic rings. The van der Waals surface area contributed by atoms with Crippen molar-refractivity contribution in [2.75, 3.05) is 0 Å². The molecule has 3 aromatic heterocycles. The molecule has 0 spiro atoms. The van der Waals surface area contributed by atoms with E-state index in [-0.39, 0.29) is 0 Å². The first-order valence-electron chi connectivity index (χ1n) is 11.2. The Bertz CT molecular complexity index is 2010. The van der Waals surface area contributed by atoms with Crippen LogP contribution in [0.25, 0.3) is 71.3 Å². The molecule has 5 aromatic carbocycles. The zero-order chi connectivity index (χ0) is 21.8. The topological polar surface area (TPSA) is 0 Å². The molecule has 33 heavy (non-hydrogen) atoms. The Labute approximate surface area is 202 Å². The molecule has 0 unspecified atom stereocenters. The van der Waals surface area contributed by atoms with Gasteiger partial charge in [0.1, 0.15) is 0 Å². The monoisotopic (exact) mass is 474 g/mol. The Morgan fingerprint density at radius 1 is 0.394 bits per heavy atom. The minimum absolute atomic E-state index is 1.32. The molecule has 0 nitrogen and oxygen atoms in total. The lowest BCUT2D eigenvalue weighted by Gasteiger charge is -2.01. The minimum Gasteiger partial charge on any atom is -0.135 e. The van der Waals surface area contributed by atoms with E-state index in [4.69, 9.17) is 0 Å². The lowest BCUT2D eigenvalue weighted by molar-refractivity contribution is 1.51. The van der Waals surface area contributed by atoms with Gasteiger partial charge in [-0.1, -0.05) is 47.5 Å². The summed E-state index contributed by atoms with van der Waals surface area (Å²) in [6, 6.07) is 28.0. The van der Waals surface area contributed by atoms with Crippen molar-refractivity contribution >= 4 is 105 Å². The van der Waals surface area contributed by atoms with E-state index >= 15 is 0 Å². The van der Waals surface area contributed by atoms with Crippen LogP contribution in [0.1, 0.15) is 11.1 Å². The summed E-state index contributed by atoms with van der Waals surface area (Å²) in [7, 11) is 0. The summed E-state index contributed by atoms with van der Waals surface area (Å²) in [6.07, 6.45) is 0. The summed E-state index contributed by atoms with van der Waals surface area (Å²) >= 11 is 5.84. The first kappa shape index (κ1) is 18.4. The molecule has 3 heterocycles. The van der Waals surface area contributed by atoms with Crippen LogP contribution in [-0.2, 0) is 0 Å². The maximum Gasteiger partial charge on any atom is 0.0542 e. The van der Waals surface area contributed by atoms with Gasteiger partial charge in [-0.3, -0.25) is 0 Å². The molecule has 0 bridgehead atoms. The molecule has 0 radical (unpaired) electrons. The van der Waals surface area contributed by atoms with Crippen molar-refractivity contribution in [2.24, 2.45) is 0 Å². The van der Waals surface area contributed by atoms with Gasteiger partial charge in [-0.2, -0.15) is 0 Å². The fraction of sp³-hybridized carbons (Fsp3) is 0.0667. The van der Waals surface area contributed by atoms with Gasteiger partial charge in [-0.15, -0.1) is 34.0 Å². The summed E-state index contributed by atoms with van der Waals surface area (Å²) in [4.78, 5) is 0. The molecule has 156 valence electrons. The number of benzene rings is 5. The highest BCUT2D eigenvalue weighted by molar-refractivity contribution is 7.36. The average molecular weight is 475 g/mol. The van der Waals surface area contributed by atoms with Gasteiger partial charge in [0.05, 0.1) is 9.40 Å². The molecule has 0 saturated heterocycles. The van der Waals surface area contributed by atoms with Crippen LogP contribution in [0, 0.1) is 13.8 Å². The van der Waals surface area contributed by atoms with Crippen molar-refractivity contribution < 1.29 is 0 Å². The molecule has 0 saturated carbocycles. The van der Waals surface area contributed by atoms with Crippen molar-refractivity contribution in [2.45, 2.75) is 13.8 Å². The van der Waals surface area contributed by atoms with Gasteiger partial charge in [-0.25, -0.2) is 0 Å². The van der Waals surface area contributed by atoms with Gasteiger partial charge in [0.25, 0.3) is 0 Å². The van der Waals surface area contributed by atoms with Crippen molar-refractivity contribution in [3.8, 4) is 0 Å². The summed E-state index contributed by atoms with van der Waals surface area (Å²) in [5, 5.41) is 10.9. The van der Waals surface area contributed by atoms with E-state index in [1.165, 1.54) is 82.4 Å². The summed E-state index contributed by atoms with van der Waals surface area (Å²) in [5.41, 5.74) is 2.64. The largest absolute Gasteiger partial charge is 0.135 e. The highest BCUT2D eigenvalue weighted by Gasteiger charge is 2.16. The quantitative estimate of drug-likeness (QED) is 0.205. The molecule has 0 aliphatic heterocycles. The smallest absolute Gasteiger partial charge is 0.0542 e. The van der Waals surface area contributed by atoms with Crippen molar-refractivity contribution in [3.05, 3.63) is 83.9 Å². The number of rotatable bonds is 0. The van der Waals surface area contributed by atoms with E-state index in [0.29, 0.717) is 0 Å². The SMILES string of the molecule is Cc1ccc2cc3c(cc2c1)sc1cc2c(cc13)sc1c3cc4ccc(C)cc4cc3sc21. The van der Waals surface area contributed by atoms with Gasteiger partial charge in [-0.05, 0) is 71.8 Å². The molecule has 0 amide bonds. The second-order valence-corrected chi connectivity index (χ2v) is 12.4. The Morgan fingerprint density at radius 2 is 0.848 bits per heavy atom. The predicted octanol–water partition coefficient (Wildman–Crippen LogP) is 10.6. The normalized spacial score (nSPS) is 12.5. The fourth-order valence-electron chi connectivity index (χ4n) is 5.25. The predicted molar refractivity (Wildman–Crippen MR) is 152 cm³/mol. The third-order valence-electron chi connectivity index (χ3n) is 6.90. The number of hydrogen-bond acceptors (Lipinski definition) is 3. The van der Waals surface area contributed by atoms with Gasteiger partial charge in [0.2, 0.25) is 0 Å². The highest BCUT2D eigenvalue weighted by Crippen LogP contribution is 2.48. The van der Waals surface area contributed by atoms with Crippen LogP contribution in [0.15, 0.2) is 72.8 Å². The van der Waals surface area contributed by atoms with Gasteiger partial charge >= 0.3 is 0 Å². The zero-order valence-corrected chi connectivity index (χ0v) is 20.6. The third kappa shape index (κ3) is 2.56. The lowest BCUT2D eigenvalue weighted by Crippen LogP contribution is -1.75. The zero-order valence-electron chi connectivity index (χ0n) is 18.2. The number of hydrogen-bond donors (Lipinski definition) is 0. The summed E-state index contributed by atoms with van der Waals surface area (Å²) in [6.45, 7) is 4.34. The van der Waals surface area contributed by atoms with Crippen LogP contribution in [0.4, 0.5) is 0 Å². The third-order valence-corrected chi connectivity index (χ3v) is 10.5. The van der Waals surface area contributed by atoms with E-state index in [2.05, 4.69) is 86.6 Å². The van der Waals surface area contributed by atoms with E-state index in [9.17, 15) is 0 Å². The maximum absolute atomic E-state index is 2.45. The van der Waals surface area contributed by atoms with Crippen molar-refractivity contribution in [1.29, 1.82) is 0 Å². The fourth-order valence-corrected chi connectivity index (χ4v) is 9.10. The molecule has 0 fully saturated rings. The Kier molecular flexibility index (Phi) is 3.54. The van der Waals surface area contributed by atoms with E-state index in [1.54, 1.807) is 0 Å². The maximum atomic E-state index is 2.45. The lowest BCUT2D eigenvalue weighted by atomic mass is 10.0. The van der Waals surface area contributed by atoms with E-state index in [0.717, 1.165) is 0 Å². The summed E-state index contributed by atoms with van der Waals surface area (Å²) in [5.74, 6) is 0. The van der Waals surface area contributed by atoms with Crippen LogP contribution in [0.3, 0.4) is 0 Å². The van der Waals surface area contributed by atoms with Crippen molar-refractivity contribution in [1.82, 2.24) is 0 Å². The molecule has 8 rings (SSSR count). The average Bonchev–Trinajstić information content (AvgIpc) is 3.43. The molecule has 3 heteroatoms. The minimum atomic E-state index is 1.32. The highest BCUT2D eigenvalue weighted by atomic mass is 32.1. The Hall–Kier alpha value is -2.98. The Balaban J connectivity index is 1.45. The number of fused-ring (bicyclic) bond motifs is 10. The van der Waals surface area contributed by atoms with E-state index in [1.807, 2.05) is 34.0 Å². The van der Waals surface area contributed by atoms with Crippen LogP contribution < -0.4 is 0 Å². The van der Waals surface area contributed by atoms with Crippen LogP contribution >= 0.6 is 34.0 Å². The number of thiophene rings is 3. The van der Waals surface area contributed by atoms with Gasteiger partial charge in [0, 0.05) is 40.3 Å². The molecular formula is C30H18S3. The standard InChI is InChI=1S/C30H18S3/c1-15-3-5-17-9-21-22-13-28-24(14-27(22)31-25(21)11-19(17)7-15)30-29(33-28)23-10-18-6-4-16(2)8-20(18)12-26(23)32-30/h3-14H,1-2H3. The first-order chi connectivity index (χ1) is 16.1. The molecule has 0 atom stereocenters. The second-order valence-electron chi connectivity index (χ2n) is 9.21. The van der Waals surface area contributed by atoms with E-state index < -0.39 is 0 Å². The molecule has 8 aromatic rings. The Morgan fingerprint density at radius 3 is 1.52 bits per heavy atom. The van der Waals surface area contributed by atoms with Gasteiger partial charge < -0.3 is 0 Å². The van der Waals surface area contributed by atoms with Crippen LogP contribution in [0.2, 0.25) is 0 Å². The van der Waals surface area contributed by atoms with Gasteiger partial charge in [0.15, 0.2) is 0 Å². The van der Waals surface area contributed by atoms with Crippen LogP contribution in [-0.4, -0.2) is 0 Å².